The molecule has 1 N–H and O–H groups in total. The Morgan fingerprint density at radius 3 is 2.33 bits per heavy atom. The molecule has 1 aliphatic rings. The fraction of sp³-hybridized carbons (Fsp3) is 0.111. The first kappa shape index (κ1) is 24.2. The Morgan fingerprint density at radius 1 is 0.944 bits per heavy atom. The minimum atomic E-state index is -1.40. The summed E-state index contributed by atoms with van der Waals surface area (Å²) in [5.74, 6) is -2.18. The van der Waals surface area contributed by atoms with E-state index < -0.39 is 23.8 Å². The van der Waals surface area contributed by atoms with E-state index in [4.69, 9.17) is 9.47 Å². The molecule has 1 aliphatic heterocycles. The van der Waals surface area contributed by atoms with Crippen LogP contribution in [-0.4, -0.2) is 30.4 Å². The molecule has 0 unspecified atom stereocenters. The number of rotatable bonds is 8. The van der Waals surface area contributed by atoms with Crippen LogP contribution in [0.15, 0.2) is 78.4 Å². The number of imide groups is 2. The smallest absolute Gasteiger partial charge is 0.335 e. The number of barbiturate groups is 1. The van der Waals surface area contributed by atoms with Gasteiger partial charge in [0.05, 0.1) is 18.3 Å². The molecule has 1 saturated heterocycles. The van der Waals surface area contributed by atoms with Crippen LogP contribution >= 0.6 is 0 Å². The SMILES string of the molecule is CCOc1cc(/C=C2\C(=O)NC(=O)N(c3ccc(C(=O)[O-])cc3)C2=O)ccc1OCc1ccccc1. The molecular formula is C27H21N2O7-. The van der Waals surface area contributed by atoms with E-state index in [2.05, 4.69) is 5.32 Å². The van der Waals surface area contributed by atoms with Crippen molar-refractivity contribution in [2.45, 2.75) is 13.5 Å². The number of aromatic carboxylic acids is 1. The summed E-state index contributed by atoms with van der Waals surface area (Å²) >= 11 is 0. The summed E-state index contributed by atoms with van der Waals surface area (Å²) < 4.78 is 11.6. The average molecular weight is 485 g/mol. The zero-order valence-electron chi connectivity index (χ0n) is 19.2. The molecule has 3 aromatic rings. The molecule has 36 heavy (non-hydrogen) atoms. The number of nitrogens with zero attached hydrogens (tertiary/aromatic N) is 1. The standard InChI is InChI=1S/C27H22N2O7/c1-2-35-23-15-18(8-13-22(23)36-16-17-6-4-3-5-7-17)14-21-24(30)28-27(34)29(25(21)31)20-11-9-19(10-12-20)26(32)33/h3-15H,2,16H2,1H3,(H,32,33)(H,28,30,34)/p-1/b21-14+. The van der Waals surface area contributed by atoms with Gasteiger partial charge in [-0.1, -0.05) is 48.5 Å². The van der Waals surface area contributed by atoms with Crippen molar-refractivity contribution in [1.29, 1.82) is 0 Å². The monoisotopic (exact) mass is 485 g/mol. The van der Waals surface area contributed by atoms with Crippen LogP contribution in [0.4, 0.5) is 10.5 Å². The van der Waals surface area contributed by atoms with Crippen molar-refractivity contribution in [1.82, 2.24) is 5.32 Å². The van der Waals surface area contributed by atoms with Crippen molar-refractivity contribution in [2.75, 3.05) is 11.5 Å². The number of carboxylic acid groups (broad SMARTS) is 1. The van der Waals surface area contributed by atoms with Crippen LogP contribution in [-0.2, 0) is 16.2 Å². The van der Waals surface area contributed by atoms with Crippen LogP contribution in [0.5, 0.6) is 11.5 Å². The predicted octanol–water partition coefficient (Wildman–Crippen LogP) is 2.69. The highest BCUT2D eigenvalue weighted by Crippen LogP contribution is 2.31. The zero-order chi connectivity index (χ0) is 25.7. The van der Waals surface area contributed by atoms with Gasteiger partial charge in [0.25, 0.3) is 11.8 Å². The molecule has 0 saturated carbocycles. The third kappa shape index (κ3) is 5.25. The molecule has 9 heteroatoms. The van der Waals surface area contributed by atoms with Crippen molar-refractivity contribution >= 4 is 35.6 Å². The lowest BCUT2D eigenvalue weighted by Crippen LogP contribution is -2.54. The van der Waals surface area contributed by atoms with Gasteiger partial charge in [-0.3, -0.25) is 14.9 Å². The predicted molar refractivity (Wildman–Crippen MR) is 128 cm³/mol. The third-order valence-electron chi connectivity index (χ3n) is 5.28. The molecular weight excluding hydrogens is 464 g/mol. The van der Waals surface area contributed by atoms with Gasteiger partial charge in [0.15, 0.2) is 11.5 Å². The maximum atomic E-state index is 13.1. The maximum absolute atomic E-state index is 13.1. The number of carboxylic acids is 1. The van der Waals surface area contributed by atoms with Gasteiger partial charge in [-0.05, 0) is 54.0 Å². The highest BCUT2D eigenvalue weighted by atomic mass is 16.5. The Bertz CT molecular complexity index is 1350. The Kier molecular flexibility index (Phi) is 7.10. The van der Waals surface area contributed by atoms with Crippen LogP contribution in [0.1, 0.15) is 28.4 Å². The van der Waals surface area contributed by atoms with E-state index in [-0.39, 0.29) is 16.8 Å². The topological polar surface area (TPSA) is 125 Å². The maximum Gasteiger partial charge on any atom is 0.335 e. The lowest BCUT2D eigenvalue weighted by molar-refractivity contribution is -0.255. The van der Waals surface area contributed by atoms with Crippen LogP contribution in [0.2, 0.25) is 0 Å². The van der Waals surface area contributed by atoms with E-state index in [1.165, 1.54) is 30.3 Å². The molecule has 0 aliphatic carbocycles. The van der Waals surface area contributed by atoms with E-state index in [0.29, 0.717) is 30.3 Å². The van der Waals surface area contributed by atoms with E-state index in [1.54, 1.807) is 18.2 Å². The van der Waals surface area contributed by atoms with E-state index in [1.807, 2.05) is 37.3 Å². The molecule has 0 atom stereocenters. The second kappa shape index (κ2) is 10.6. The molecule has 0 bridgehead atoms. The first-order valence-electron chi connectivity index (χ1n) is 11.0. The van der Waals surface area contributed by atoms with Gasteiger partial charge in [0, 0.05) is 0 Å². The third-order valence-corrected chi connectivity index (χ3v) is 5.28. The summed E-state index contributed by atoms with van der Waals surface area (Å²) in [6.45, 7) is 2.51. The fourth-order valence-electron chi connectivity index (χ4n) is 3.54. The lowest BCUT2D eigenvalue weighted by atomic mass is 10.1. The Morgan fingerprint density at radius 2 is 1.67 bits per heavy atom. The minimum absolute atomic E-state index is 0.0977. The lowest BCUT2D eigenvalue weighted by Gasteiger charge is -2.26. The van der Waals surface area contributed by atoms with Crippen LogP contribution in [0, 0.1) is 0 Å². The Balaban J connectivity index is 1.61. The van der Waals surface area contributed by atoms with E-state index >= 15 is 0 Å². The molecule has 182 valence electrons. The van der Waals surface area contributed by atoms with Gasteiger partial charge in [0.2, 0.25) is 0 Å². The first-order valence-corrected chi connectivity index (χ1v) is 11.0. The highest BCUT2D eigenvalue weighted by molar-refractivity contribution is 6.39. The van der Waals surface area contributed by atoms with Gasteiger partial charge in [-0.15, -0.1) is 0 Å². The van der Waals surface area contributed by atoms with E-state index in [9.17, 15) is 24.3 Å². The summed E-state index contributed by atoms with van der Waals surface area (Å²) in [6, 6.07) is 18.6. The first-order chi connectivity index (χ1) is 17.4. The Hall–Kier alpha value is -4.92. The van der Waals surface area contributed by atoms with Gasteiger partial charge < -0.3 is 19.4 Å². The van der Waals surface area contributed by atoms with Crippen molar-refractivity contribution < 1.29 is 33.8 Å². The number of nitrogens with one attached hydrogen (secondary N) is 1. The van der Waals surface area contributed by atoms with Crippen molar-refractivity contribution in [3.05, 3.63) is 95.1 Å². The van der Waals surface area contributed by atoms with Crippen LogP contribution in [0.25, 0.3) is 6.08 Å². The number of carbonyl (C=O) groups is 4. The number of ether oxygens (including phenoxy) is 2. The van der Waals surface area contributed by atoms with Gasteiger partial charge in [0.1, 0.15) is 12.2 Å². The molecule has 9 nitrogen and oxygen atoms in total. The van der Waals surface area contributed by atoms with Crippen LogP contribution < -0.4 is 24.8 Å². The van der Waals surface area contributed by atoms with E-state index in [0.717, 1.165) is 10.5 Å². The van der Waals surface area contributed by atoms with Gasteiger partial charge >= 0.3 is 6.03 Å². The number of amides is 4. The summed E-state index contributed by atoms with van der Waals surface area (Å²) in [4.78, 5) is 49.7. The van der Waals surface area contributed by atoms with Crippen molar-refractivity contribution in [3.8, 4) is 11.5 Å². The minimum Gasteiger partial charge on any atom is -0.545 e. The van der Waals surface area contributed by atoms with Crippen LogP contribution in [0.3, 0.4) is 0 Å². The normalized spacial score (nSPS) is 14.5. The average Bonchev–Trinajstić information content (AvgIpc) is 2.87. The molecule has 0 radical (unpaired) electrons. The summed E-state index contributed by atoms with van der Waals surface area (Å²) in [7, 11) is 0. The number of carbonyl (C=O) groups excluding carboxylic acids is 4. The van der Waals surface area contributed by atoms with Gasteiger partial charge in [-0.25, -0.2) is 9.69 Å². The fourth-order valence-corrected chi connectivity index (χ4v) is 3.54. The summed E-state index contributed by atoms with van der Waals surface area (Å²) in [6.07, 6.45) is 1.34. The molecule has 1 fully saturated rings. The number of benzene rings is 3. The highest BCUT2D eigenvalue weighted by Gasteiger charge is 2.36. The van der Waals surface area contributed by atoms with Crippen molar-refractivity contribution in [3.63, 3.8) is 0 Å². The second-order valence-electron chi connectivity index (χ2n) is 7.71. The van der Waals surface area contributed by atoms with Gasteiger partial charge in [-0.2, -0.15) is 0 Å². The molecule has 1 heterocycles. The molecule has 4 rings (SSSR count). The quantitative estimate of drug-likeness (QED) is 0.384. The molecule has 4 amide bonds. The van der Waals surface area contributed by atoms with Crippen molar-refractivity contribution in [2.24, 2.45) is 0 Å². The zero-order valence-corrected chi connectivity index (χ0v) is 19.2. The summed E-state index contributed by atoms with van der Waals surface area (Å²) in [5, 5.41) is 13.1. The summed E-state index contributed by atoms with van der Waals surface area (Å²) in [5.41, 5.74) is 1.16. The number of anilines is 1. The number of hydrogen-bond donors (Lipinski definition) is 1. The largest absolute Gasteiger partial charge is 0.545 e. The molecule has 0 aromatic heterocycles. The Labute approximate surface area is 206 Å². The molecule has 0 spiro atoms. The second-order valence-corrected chi connectivity index (χ2v) is 7.71. The molecule has 3 aromatic carbocycles. The number of hydrogen-bond acceptors (Lipinski definition) is 7. The number of urea groups is 1.